The average Bonchev–Trinajstić information content (AvgIpc) is 2.92. The van der Waals surface area contributed by atoms with Crippen LogP contribution in [0.4, 0.5) is 4.39 Å². The minimum atomic E-state index is -0.935. The van der Waals surface area contributed by atoms with Crippen LogP contribution < -0.4 is 21.1 Å². The molecule has 0 radical (unpaired) electrons. The predicted molar refractivity (Wildman–Crippen MR) is 106 cm³/mol. The maximum absolute atomic E-state index is 14.4. The lowest BCUT2D eigenvalue weighted by atomic mass is 9.99. The van der Waals surface area contributed by atoms with Gasteiger partial charge in [-0.2, -0.15) is 0 Å². The maximum Gasteiger partial charge on any atom is 0.251 e. The van der Waals surface area contributed by atoms with Crippen molar-refractivity contribution in [1.29, 1.82) is 0 Å². The van der Waals surface area contributed by atoms with Gasteiger partial charge in [0.05, 0.1) is 7.11 Å². The smallest absolute Gasteiger partial charge is 0.251 e. The number of carbonyl (C=O) groups is 2. The summed E-state index contributed by atoms with van der Waals surface area (Å²) in [5.41, 5.74) is 6.12. The van der Waals surface area contributed by atoms with E-state index in [-0.39, 0.29) is 29.3 Å². The van der Waals surface area contributed by atoms with Crippen LogP contribution in [0.5, 0.6) is 11.5 Å². The van der Waals surface area contributed by atoms with E-state index < -0.39 is 22.9 Å². The molecule has 1 aliphatic heterocycles. The molecule has 2 aromatic carbocycles. The number of benzene rings is 2. The zero-order chi connectivity index (χ0) is 21.0. The third-order valence-electron chi connectivity index (χ3n) is 5.02. The third-order valence-corrected chi connectivity index (χ3v) is 5.02. The van der Waals surface area contributed by atoms with E-state index in [1.165, 1.54) is 43.5 Å². The molecule has 154 valence electrons. The minimum Gasteiger partial charge on any atom is -0.507 e. The minimum absolute atomic E-state index is 0.137. The van der Waals surface area contributed by atoms with Crippen LogP contribution in [0.1, 0.15) is 39.1 Å². The number of amides is 1. The Morgan fingerprint density at radius 1 is 1.21 bits per heavy atom. The second-order valence-corrected chi connectivity index (χ2v) is 6.97. The van der Waals surface area contributed by atoms with Gasteiger partial charge in [-0.1, -0.05) is 12.1 Å². The van der Waals surface area contributed by atoms with Gasteiger partial charge in [0.15, 0.2) is 17.3 Å². The molecule has 29 heavy (non-hydrogen) atoms. The van der Waals surface area contributed by atoms with Gasteiger partial charge in [0.1, 0.15) is 11.3 Å². The number of hydrogen-bond acceptors (Lipinski definition) is 6. The first-order valence-electron chi connectivity index (χ1n) is 9.39. The number of rotatable bonds is 5. The first kappa shape index (κ1) is 20.8. The van der Waals surface area contributed by atoms with Crippen molar-refractivity contribution in [2.45, 2.75) is 24.9 Å². The first-order valence-corrected chi connectivity index (χ1v) is 9.39. The topological polar surface area (TPSA) is 114 Å². The number of nitrogens with one attached hydrogen (secondary N) is 2. The molecular formula is C21H24FN3O4. The van der Waals surface area contributed by atoms with Gasteiger partial charge >= 0.3 is 0 Å². The van der Waals surface area contributed by atoms with E-state index in [0.29, 0.717) is 12.1 Å². The predicted octanol–water partition coefficient (Wildman–Crippen LogP) is 1.58. The Morgan fingerprint density at radius 3 is 2.59 bits per heavy atom. The van der Waals surface area contributed by atoms with E-state index in [9.17, 15) is 19.1 Å². The highest BCUT2D eigenvalue weighted by atomic mass is 19.1. The molecule has 2 atom stereocenters. The Hall–Kier alpha value is -2.97. The number of phenolic OH excluding ortho intramolecular Hbond substituents is 1. The summed E-state index contributed by atoms with van der Waals surface area (Å²) in [5, 5.41) is 16.1. The molecule has 0 saturated carbocycles. The van der Waals surface area contributed by atoms with Crippen LogP contribution >= 0.6 is 0 Å². The quantitative estimate of drug-likeness (QED) is 0.566. The molecule has 8 heteroatoms. The van der Waals surface area contributed by atoms with Gasteiger partial charge < -0.3 is 26.2 Å². The Balaban J connectivity index is 1.76. The lowest BCUT2D eigenvalue weighted by Crippen LogP contribution is -2.50. The molecule has 0 aromatic heterocycles. The summed E-state index contributed by atoms with van der Waals surface area (Å²) >= 11 is 0. The van der Waals surface area contributed by atoms with E-state index in [2.05, 4.69) is 10.6 Å². The molecular weight excluding hydrogens is 377 g/mol. The van der Waals surface area contributed by atoms with Gasteiger partial charge in [-0.05, 0) is 43.7 Å². The fourth-order valence-corrected chi connectivity index (χ4v) is 3.34. The van der Waals surface area contributed by atoms with Crippen molar-refractivity contribution in [3.8, 4) is 11.5 Å². The summed E-state index contributed by atoms with van der Waals surface area (Å²) in [5.74, 6) is -2.55. The zero-order valence-corrected chi connectivity index (χ0v) is 16.1. The molecule has 0 bridgehead atoms. The molecule has 1 amide bonds. The first-order chi connectivity index (χ1) is 13.9. The number of methoxy groups -OCH3 is 1. The second-order valence-electron chi connectivity index (χ2n) is 6.97. The molecule has 3 rings (SSSR count). The SMILES string of the molecule is COc1ccc(O)c(C(=O)c2ccc(C(=O)N[C@@H]3CCCNC[C@H]3N)cc2)c1F. The Morgan fingerprint density at radius 2 is 1.90 bits per heavy atom. The molecule has 1 saturated heterocycles. The Bertz CT molecular complexity index is 902. The van der Waals surface area contributed by atoms with Gasteiger partial charge in [-0.15, -0.1) is 0 Å². The van der Waals surface area contributed by atoms with Gasteiger partial charge in [-0.25, -0.2) is 4.39 Å². The van der Waals surface area contributed by atoms with Gasteiger partial charge in [0.25, 0.3) is 5.91 Å². The van der Waals surface area contributed by atoms with Gasteiger partial charge in [0.2, 0.25) is 0 Å². The molecule has 7 nitrogen and oxygen atoms in total. The highest BCUT2D eigenvalue weighted by Crippen LogP contribution is 2.30. The summed E-state index contributed by atoms with van der Waals surface area (Å²) in [6.45, 7) is 1.50. The zero-order valence-electron chi connectivity index (χ0n) is 16.1. The Labute approximate surface area is 168 Å². The van der Waals surface area contributed by atoms with E-state index >= 15 is 0 Å². The Kier molecular flexibility index (Phi) is 6.46. The van der Waals surface area contributed by atoms with Crippen molar-refractivity contribution >= 4 is 11.7 Å². The number of ether oxygens (including phenoxy) is 1. The number of aromatic hydroxyl groups is 1. The van der Waals surface area contributed by atoms with Crippen LogP contribution in [0.25, 0.3) is 0 Å². The fraction of sp³-hybridized carbons (Fsp3) is 0.333. The highest BCUT2D eigenvalue weighted by molar-refractivity contribution is 6.11. The van der Waals surface area contributed by atoms with Gasteiger partial charge in [-0.3, -0.25) is 9.59 Å². The summed E-state index contributed by atoms with van der Waals surface area (Å²) in [6, 6.07) is 7.93. The van der Waals surface area contributed by atoms with Gasteiger partial charge in [0, 0.05) is 29.8 Å². The van der Waals surface area contributed by atoms with E-state index in [0.717, 1.165) is 19.4 Å². The molecule has 0 aliphatic carbocycles. The van der Waals surface area contributed by atoms with E-state index in [1.807, 2.05) is 0 Å². The van der Waals surface area contributed by atoms with E-state index in [1.54, 1.807) is 0 Å². The average molecular weight is 401 g/mol. The summed E-state index contributed by atoms with van der Waals surface area (Å²) in [6.07, 6.45) is 1.70. The van der Waals surface area contributed by atoms with Crippen LogP contribution in [0.2, 0.25) is 0 Å². The molecule has 0 spiro atoms. The number of nitrogens with two attached hydrogens (primary N) is 1. The lowest BCUT2D eigenvalue weighted by Gasteiger charge is -2.22. The van der Waals surface area contributed by atoms with Crippen molar-refractivity contribution < 1.29 is 23.8 Å². The van der Waals surface area contributed by atoms with Crippen LogP contribution in [-0.2, 0) is 0 Å². The second kappa shape index (κ2) is 9.02. The lowest BCUT2D eigenvalue weighted by molar-refractivity contribution is 0.0928. The number of phenols is 1. The van der Waals surface area contributed by atoms with E-state index in [4.69, 9.17) is 10.5 Å². The summed E-state index contributed by atoms with van der Waals surface area (Å²) < 4.78 is 19.3. The molecule has 2 aromatic rings. The third kappa shape index (κ3) is 4.55. The van der Waals surface area contributed by atoms with Crippen molar-refractivity contribution in [2.75, 3.05) is 20.2 Å². The molecule has 1 aliphatic rings. The maximum atomic E-state index is 14.4. The summed E-state index contributed by atoms with van der Waals surface area (Å²) in [4.78, 5) is 25.2. The molecule has 5 N–H and O–H groups in total. The molecule has 1 heterocycles. The van der Waals surface area contributed by atoms with Crippen LogP contribution in [0, 0.1) is 5.82 Å². The monoisotopic (exact) mass is 401 g/mol. The normalized spacial score (nSPS) is 19.3. The summed E-state index contributed by atoms with van der Waals surface area (Å²) in [7, 11) is 1.27. The highest BCUT2D eigenvalue weighted by Gasteiger charge is 2.24. The number of ketones is 1. The largest absolute Gasteiger partial charge is 0.507 e. The van der Waals surface area contributed by atoms with Crippen molar-refractivity contribution in [2.24, 2.45) is 5.73 Å². The van der Waals surface area contributed by atoms with Crippen molar-refractivity contribution in [1.82, 2.24) is 10.6 Å². The number of halogens is 1. The van der Waals surface area contributed by atoms with Crippen LogP contribution in [0.3, 0.4) is 0 Å². The molecule has 0 unspecified atom stereocenters. The molecule has 1 fully saturated rings. The number of carbonyl (C=O) groups excluding carboxylic acids is 2. The van der Waals surface area contributed by atoms with Crippen molar-refractivity contribution in [3.05, 3.63) is 58.9 Å². The van der Waals surface area contributed by atoms with Crippen LogP contribution in [0.15, 0.2) is 36.4 Å². The number of hydrogen-bond donors (Lipinski definition) is 4. The van der Waals surface area contributed by atoms with Crippen LogP contribution in [-0.4, -0.2) is 49.1 Å². The standard InChI is InChI=1S/C21H24FN3O4/c1-29-17-9-8-16(26)18(19(17)22)20(27)12-4-6-13(7-5-12)21(28)25-15-3-2-10-24-11-14(15)23/h4-9,14-15,24,26H,2-3,10-11,23H2,1H3,(H,25,28)/t14-,15-/m1/s1. The fourth-order valence-electron chi connectivity index (χ4n) is 3.34. The van der Waals surface area contributed by atoms with Crippen molar-refractivity contribution in [3.63, 3.8) is 0 Å².